The van der Waals surface area contributed by atoms with E-state index in [1.165, 1.54) is 5.69 Å². The summed E-state index contributed by atoms with van der Waals surface area (Å²) >= 11 is 0. The monoisotopic (exact) mass is 358 g/mol. The van der Waals surface area contributed by atoms with Crippen molar-refractivity contribution in [3.63, 3.8) is 0 Å². The molecular formula is C18H22N4O4. The van der Waals surface area contributed by atoms with Crippen LogP contribution < -0.4 is 15.5 Å². The number of hydrogen-bond donors (Lipinski definition) is 2. The number of nitrogens with zero attached hydrogens (tertiary/aromatic N) is 2. The molecule has 2 amide bonds. The van der Waals surface area contributed by atoms with Gasteiger partial charge in [-0.05, 0) is 31.0 Å². The number of aromatic nitrogens is 1. The molecule has 26 heavy (non-hydrogen) atoms. The molecule has 0 saturated carbocycles. The molecule has 0 unspecified atom stereocenters. The quantitative estimate of drug-likeness (QED) is 0.778. The fourth-order valence-corrected chi connectivity index (χ4v) is 2.69. The molecule has 8 heteroatoms. The first kappa shape index (κ1) is 17.9. The summed E-state index contributed by atoms with van der Waals surface area (Å²) in [5.41, 5.74) is 2.26. The number of rotatable bonds is 5. The van der Waals surface area contributed by atoms with Gasteiger partial charge in [0.05, 0.1) is 13.2 Å². The SMILES string of the molecule is Cc1cc(NC(=O)C(=O)NCCc2ccc(N3CCOCC3)cc2)no1. The van der Waals surface area contributed by atoms with Gasteiger partial charge < -0.3 is 19.5 Å². The first-order valence-corrected chi connectivity index (χ1v) is 8.56. The lowest BCUT2D eigenvalue weighted by Crippen LogP contribution is -2.36. The molecule has 1 aromatic heterocycles. The summed E-state index contributed by atoms with van der Waals surface area (Å²) in [6.45, 7) is 5.38. The Morgan fingerprint density at radius 1 is 1.15 bits per heavy atom. The summed E-state index contributed by atoms with van der Waals surface area (Å²) in [7, 11) is 0. The third-order valence-electron chi connectivity index (χ3n) is 4.09. The minimum absolute atomic E-state index is 0.223. The van der Waals surface area contributed by atoms with Crippen LogP contribution in [0.3, 0.4) is 0 Å². The van der Waals surface area contributed by atoms with Crippen molar-refractivity contribution in [1.29, 1.82) is 0 Å². The van der Waals surface area contributed by atoms with Crippen molar-refractivity contribution in [2.45, 2.75) is 13.3 Å². The first-order valence-electron chi connectivity index (χ1n) is 8.56. The van der Waals surface area contributed by atoms with Gasteiger partial charge in [0.2, 0.25) is 0 Å². The summed E-state index contributed by atoms with van der Waals surface area (Å²) in [5.74, 6) is -0.681. The predicted molar refractivity (Wildman–Crippen MR) is 96.1 cm³/mol. The van der Waals surface area contributed by atoms with E-state index in [0.29, 0.717) is 18.7 Å². The van der Waals surface area contributed by atoms with Gasteiger partial charge in [0.1, 0.15) is 5.76 Å². The normalized spacial score (nSPS) is 14.1. The van der Waals surface area contributed by atoms with E-state index in [0.717, 1.165) is 31.9 Å². The number of hydrogen-bond acceptors (Lipinski definition) is 6. The number of carbonyl (C=O) groups excluding carboxylic acids is 2. The van der Waals surface area contributed by atoms with E-state index in [9.17, 15) is 9.59 Å². The minimum atomic E-state index is -0.763. The van der Waals surface area contributed by atoms with Crippen LogP contribution in [0.4, 0.5) is 11.5 Å². The Labute approximate surface area is 151 Å². The van der Waals surface area contributed by atoms with E-state index in [2.05, 4.69) is 32.8 Å². The molecule has 0 aliphatic carbocycles. The maximum Gasteiger partial charge on any atom is 0.314 e. The maximum absolute atomic E-state index is 11.8. The van der Waals surface area contributed by atoms with Crippen molar-refractivity contribution in [3.8, 4) is 0 Å². The fourth-order valence-electron chi connectivity index (χ4n) is 2.69. The van der Waals surface area contributed by atoms with Crippen LogP contribution >= 0.6 is 0 Å². The average molecular weight is 358 g/mol. The summed E-state index contributed by atoms with van der Waals surface area (Å²) < 4.78 is 10.2. The zero-order chi connectivity index (χ0) is 18.4. The lowest BCUT2D eigenvalue weighted by Gasteiger charge is -2.28. The predicted octanol–water partition coefficient (Wildman–Crippen LogP) is 1.12. The highest BCUT2D eigenvalue weighted by molar-refractivity contribution is 6.39. The molecule has 8 nitrogen and oxygen atoms in total. The van der Waals surface area contributed by atoms with Crippen molar-refractivity contribution in [1.82, 2.24) is 10.5 Å². The Balaban J connectivity index is 1.42. The lowest BCUT2D eigenvalue weighted by atomic mass is 10.1. The zero-order valence-corrected chi connectivity index (χ0v) is 14.7. The Morgan fingerprint density at radius 2 is 1.88 bits per heavy atom. The van der Waals surface area contributed by atoms with Crippen LogP contribution in [0.25, 0.3) is 0 Å². The van der Waals surface area contributed by atoms with Crippen LogP contribution in [0, 0.1) is 6.92 Å². The van der Waals surface area contributed by atoms with Crippen LogP contribution in [-0.4, -0.2) is 49.8 Å². The van der Waals surface area contributed by atoms with Crippen molar-refractivity contribution in [2.75, 3.05) is 43.1 Å². The molecule has 1 fully saturated rings. The van der Waals surface area contributed by atoms with Crippen LogP contribution in [0.1, 0.15) is 11.3 Å². The van der Waals surface area contributed by atoms with Crippen LogP contribution in [0.5, 0.6) is 0 Å². The topological polar surface area (TPSA) is 96.7 Å². The van der Waals surface area contributed by atoms with E-state index in [1.54, 1.807) is 13.0 Å². The van der Waals surface area contributed by atoms with Crippen molar-refractivity contribution in [3.05, 3.63) is 41.7 Å². The van der Waals surface area contributed by atoms with Crippen LogP contribution in [0.15, 0.2) is 34.9 Å². The van der Waals surface area contributed by atoms with E-state index in [-0.39, 0.29) is 5.82 Å². The molecule has 1 aliphatic rings. The summed E-state index contributed by atoms with van der Waals surface area (Å²) in [6, 6.07) is 9.76. The maximum atomic E-state index is 11.8. The molecular weight excluding hydrogens is 336 g/mol. The van der Waals surface area contributed by atoms with Crippen molar-refractivity contribution >= 4 is 23.3 Å². The number of anilines is 2. The molecule has 1 saturated heterocycles. The first-order chi connectivity index (χ1) is 12.6. The third-order valence-corrected chi connectivity index (χ3v) is 4.09. The molecule has 2 aromatic rings. The molecule has 0 atom stereocenters. The van der Waals surface area contributed by atoms with E-state index in [1.807, 2.05) is 12.1 Å². The Morgan fingerprint density at radius 3 is 2.54 bits per heavy atom. The number of carbonyl (C=O) groups is 2. The number of ether oxygens (including phenoxy) is 1. The molecule has 0 radical (unpaired) electrons. The Kier molecular flexibility index (Phi) is 5.85. The van der Waals surface area contributed by atoms with Gasteiger partial charge in [-0.25, -0.2) is 0 Å². The molecule has 1 aromatic carbocycles. The molecule has 0 bridgehead atoms. The van der Waals surface area contributed by atoms with Gasteiger partial charge in [-0.1, -0.05) is 17.3 Å². The smallest absolute Gasteiger partial charge is 0.314 e. The second kappa shape index (κ2) is 8.48. The summed E-state index contributed by atoms with van der Waals surface area (Å²) in [5, 5.41) is 8.60. The largest absolute Gasteiger partial charge is 0.378 e. The lowest BCUT2D eigenvalue weighted by molar-refractivity contribution is -0.136. The fraction of sp³-hybridized carbons (Fsp3) is 0.389. The minimum Gasteiger partial charge on any atom is -0.378 e. The second-order valence-electron chi connectivity index (χ2n) is 6.05. The van der Waals surface area contributed by atoms with E-state index < -0.39 is 11.8 Å². The van der Waals surface area contributed by atoms with Crippen molar-refractivity contribution < 1.29 is 18.8 Å². The number of amides is 2. The van der Waals surface area contributed by atoms with E-state index >= 15 is 0 Å². The van der Waals surface area contributed by atoms with Gasteiger partial charge in [0.15, 0.2) is 5.82 Å². The summed E-state index contributed by atoms with van der Waals surface area (Å²) in [6.07, 6.45) is 0.644. The van der Waals surface area contributed by atoms with Gasteiger partial charge in [0.25, 0.3) is 0 Å². The highest BCUT2D eigenvalue weighted by atomic mass is 16.5. The molecule has 3 rings (SSSR count). The molecule has 0 spiro atoms. The van der Waals surface area contributed by atoms with Gasteiger partial charge in [-0.3, -0.25) is 14.9 Å². The number of benzene rings is 1. The van der Waals surface area contributed by atoms with Gasteiger partial charge in [-0.2, -0.15) is 0 Å². The third kappa shape index (κ3) is 4.82. The zero-order valence-electron chi connectivity index (χ0n) is 14.7. The molecule has 2 heterocycles. The highest BCUT2D eigenvalue weighted by Gasteiger charge is 2.15. The Hall–Kier alpha value is -2.87. The van der Waals surface area contributed by atoms with Gasteiger partial charge in [0, 0.05) is 31.4 Å². The average Bonchev–Trinajstić information content (AvgIpc) is 3.07. The van der Waals surface area contributed by atoms with Gasteiger partial charge in [-0.15, -0.1) is 0 Å². The second-order valence-corrected chi connectivity index (χ2v) is 6.05. The standard InChI is InChI=1S/C18H22N4O4/c1-13-12-16(21-26-13)20-18(24)17(23)19-7-6-14-2-4-15(5-3-14)22-8-10-25-11-9-22/h2-5,12H,6-11H2,1H3,(H,19,23)(H,20,21,24). The van der Waals surface area contributed by atoms with Crippen LogP contribution in [-0.2, 0) is 20.7 Å². The molecule has 1 aliphatic heterocycles. The summed E-state index contributed by atoms with van der Waals surface area (Å²) in [4.78, 5) is 25.9. The van der Waals surface area contributed by atoms with Crippen molar-refractivity contribution in [2.24, 2.45) is 0 Å². The highest BCUT2D eigenvalue weighted by Crippen LogP contribution is 2.16. The molecule has 2 N–H and O–H groups in total. The van der Waals surface area contributed by atoms with Crippen LogP contribution in [0.2, 0.25) is 0 Å². The number of morpholine rings is 1. The van der Waals surface area contributed by atoms with E-state index in [4.69, 9.17) is 9.26 Å². The number of nitrogens with one attached hydrogen (secondary N) is 2. The Bertz CT molecular complexity index is 751. The van der Waals surface area contributed by atoms with Gasteiger partial charge >= 0.3 is 11.8 Å². The molecule has 138 valence electrons. The number of aryl methyl sites for hydroxylation is 1.